The third-order valence-corrected chi connectivity index (χ3v) is 9.54. The summed E-state index contributed by atoms with van der Waals surface area (Å²) in [6, 6.07) is 13.9. The predicted molar refractivity (Wildman–Crippen MR) is 132 cm³/mol. The Morgan fingerprint density at radius 2 is 1.00 bits per heavy atom. The average Bonchev–Trinajstić information content (AvgIpc) is 3.00. The Bertz CT molecular complexity index is 841. The van der Waals surface area contributed by atoms with Crippen molar-refractivity contribution in [1.82, 2.24) is 0 Å². The summed E-state index contributed by atoms with van der Waals surface area (Å²) in [6.07, 6.45) is 0. The van der Waals surface area contributed by atoms with Crippen LogP contribution in [0.1, 0.15) is 90.1 Å². The summed E-state index contributed by atoms with van der Waals surface area (Å²) in [5.41, 5.74) is 7.91. The van der Waals surface area contributed by atoms with Gasteiger partial charge in [0.1, 0.15) is 0 Å². The molecule has 0 saturated heterocycles. The van der Waals surface area contributed by atoms with Crippen LogP contribution in [0.5, 0.6) is 0 Å². The zero-order valence-electron chi connectivity index (χ0n) is 20.9. The second-order valence-corrected chi connectivity index (χ2v) is 13.1. The largest absolute Gasteiger partial charge is 0.513 e. The summed E-state index contributed by atoms with van der Waals surface area (Å²) < 4.78 is 19.4. The van der Waals surface area contributed by atoms with Crippen molar-refractivity contribution in [2.45, 2.75) is 78.7 Å². The molecule has 0 aromatic heterocycles. The molecule has 170 valence electrons. The zero-order chi connectivity index (χ0) is 23.0. The smallest absolute Gasteiger partial charge is 0.373 e. The van der Waals surface area contributed by atoms with E-state index in [1.165, 1.54) is 33.4 Å². The normalized spacial score (nSPS) is 14.6. The van der Waals surface area contributed by atoms with Gasteiger partial charge in [-0.05, 0) is 65.0 Å². The molecule has 0 N–H and O–H groups in total. The Labute approximate surface area is 190 Å². The third kappa shape index (κ3) is 4.54. The van der Waals surface area contributed by atoms with Gasteiger partial charge in [-0.15, -0.1) is 0 Å². The maximum Gasteiger partial charge on any atom is 0.513 e. The Hall–Kier alpha value is -1.46. The number of hydrogen-bond acceptors (Lipinski definition) is 3. The lowest BCUT2D eigenvalue weighted by molar-refractivity contribution is 0.0657. The fourth-order valence-electron chi connectivity index (χ4n) is 4.55. The van der Waals surface area contributed by atoms with Crippen LogP contribution in [0, 0.1) is 0 Å². The van der Waals surface area contributed by atoms with Gasteiger partial charge in [-0.25, -0.2) is 0 Å². The summed E-state index contributed by atoms with van der Waals surface area (Å²) in [5, 5.41) is 0. The van der Waals surface area contributed by atoms with Crippen molar-refractivity contribution in [2.75, 3.05) is 19.8 Å². The molecule has 4 heteroatoms. The molecule has 0 spiro atoms. The standard InChI is InChI=1S/C27H40O3Si/c1-10-28-31(29-11-2,30-12-3)25-23-17-19(26(4,5)6)13-15-21(23)22-16-14-20(18-24(22)25)27(7,8)9/h13-18,25H,10-12H2,1-9H3. The molecule has 2 aromatic carbocycles. The molecule has 0 unspecified atom stereocenters. The van der Waals surface area contributed by atoms with Crippen molar-refractivity contribution in [2.24, 2.45) is 0 Å². The fraction of sp³-hybridized carbons (Fsp3) is 0.556. The van der Waals surface area contributed by atoms with Crippen molar-refractivity contribution in [1.29, 1.82) is 0 Å². The van der Waals surface area contributed by atoms with Crippen molar-refractivity contribution in [3.05, 3.63) is 58.7 Å². The molecule has 0 aliphatic heterocycles. The molecule has 0 atom stereocenters. The summed E-state index contributed by atoms with van der Waals surface area (Å²) in [6.45, 7) is 21.4. The van der Waals surface area contributed by atoms with Gasteiger partial charge >= 0.3 is 8.80 Å². The van der Waals surface area contributed by atoms with Crippen LogP contribution in [0.15, 0.2) is 36.4 Å². The highest BCUT2D eigenvalue weighted by Crippen LogP contribution is 2.51. The second kappa shape index (κ2) is 8.82. The van der Waals surface area contributed by atoms with E-state index in [1.54, 1.807) is 0 Å². The summed E-state index contributed by atoms with van der Waals surface area (Å²) in [4.78, 5) is 0. The van der Waals surface area contributed by atoms with Crippen LogP contribution < -0.4 is 0 Å². The predicted octanol–water partition coefficient (Wildman–Crippen LogP) is 6.98. The molecule has 2 aromatic rings. The molecular weight excluding hydrogens is 400 g/mol. The van der Waals surface area contributed by atoms with Gasteiger partial charge in [0.05, 0.1) is 5.54 Å². The van der Waals surface area contributed by atoms with Gasteiger partial charge < -0.3 is 13.3 Å². The third-order valence-electron chi connectivity index (χ3n) is 6.14. The van der Waals surface area contributed by atoms with Gasteiger partial charge in [-0.2, -0.15) is 0 Å². The molecule has 1 aliphatic rings. The molecule has 0 amide bonds. The highest BCUT2D eigenvalue weighted by molar-refractivity contribution is 6.63. The van der Waals surface area contributed by atoms with E-state index in [9.17, 15) is 0 Å². The first kappa shape index (κ1) is 24.2. The first-order chi connectivity index (χ1) is 14.5. The second-order valence-electron chi connectivity index (χ2n) is 10.4. The lowest BCUT2D eigenvalue weighted by atomic mass is 9.85. The molecule has 0 fully saturated rings. The minimum atomic E-state index is -3.03. The maximum atomic E-state index is 6.45. The van der Waals surface area contributed by atoms with Crippen LogP contribution in [0.3, 0.4) is 0 Å². The van der Waals surface area contributed by atoms with Gasteiger partial charge in [-0.1, -0.05) is 77.9 Å². The number of hydrogen-bond donors (Lipinski definition) is 0. The van der Waals surface area contributed by atoms with Gasteiger partial charge in [0.2, 0.25) is 0 Å². The van der Waals surface area contributed by atoms with E-state index in [2.05, 4.69) is 77.9 Å². The first-order valence-corrected chi connectivity index (χ1v) is 13.5. The van der Waals surface area contributed by atoms with E-state index in [0.717, 1.165) is 0 Å². The average molecular weight is 441 g/mol. The van der Waals surface area contributed by atoms with Gasteiger partial charge in [0.15, 0.2) is 0 Å². The Morgan fingerprint density at radius 3 is 1.29 bits per heavy atom. The number of rotatable bonds is 7. The van der Waals surface area contributed by atoms with Crippen LogP contribution in [-0.2, 0) is 24.1 Å². The van der Waals surface area contributed by atoms with E-state index < -0.39 is 8.80 Å². The highest BCUT2D eigenvalue weighted by Gasteiger charge is 2.54. The summed E-state index contributed by atoms with van der Waals surface area (Å²) >= 11 is 0. The molecular formula is C27H40O3Si. The maximum absolute atomic E-state index is 6.45. The Kier molecular flexibility index (Phi) is 6.88. The lowest BCUT2D eigenvalue weighted by Crippen LogP contribution is -2.52. The molecule has 31 heavy (non-hydrogen) atoms. The molecule has 3 rings (SSSR count). The first-order valence-electron chi connectivity index (χ1n) is 11.7. The van der Waals surface area contributed by atoms with Crippen LogP contribution in [0.2, 0.25) is 0 Å². The van der Waals surface area contributed by atoms with E-state index in [-0.39, 0.29) is 16.4 Å². The molecule has 0 bridgehead atoms. The van der Waals surface area contributed by atoms with Crippen LogP contribution in [-0.4, -0.2) is 28.6 Å². The quantitative estimate of drug-likeness (QED) is 0.435. The Balaban J connectivity index is 2.32. The Morgan fingerprint density at radius 1 is 0.645 bits per heavy atom. The van der Waals surface area contributed by atoms with Crippen LogP contribution >= 0.6 is 0 Å². The topological polar surface area (TPSA) is 27.7 Å². The molecule has 0 heterocycles. The number of fused-ring (bicyclic) bond motifs is 3. The van der Waals surface area contributed by atoms with Crippen molar-refractivity contribution >= 4 is 8.80 Å². The lowest BCUT2D eigenvalue weighted by Gasteiger charge is -2.35. The molecule has 1 aliphatic carbocycles. The van der Waals surface area contributed by atoms with Crippen LogP contribution in [0.25, 0.3) is 11.1 Å². The van der Waals surface area contributed by atoms with E-state index in [1.807, 2.05) is 20.8 Å². The summed E-state index contributed by atoms with van der Waals surface area (Å²) in [7, 11) is -3.03. The van der Waals surface area contributed by atoms with Crippen molar-refractivity contribution in [3.8, 4) is 11.1 Å². The van der Waals surface area contributed by atoms with Gasteiger partial charge in [0.25, 0.3) is 0 Å². The SMILES string of the molecule is CCO[Si](OCC)(OCC)C1c2cc(C(C)(C)C)ccc2-c2ccc(C(C)(C)C)cc21. The molecule has 0 radical (unpaired) electrons. The van der Waals surface area contributed by atoms with Crippen molar-refractivity contribution in [3.63, 3.8) is 0 Å². The molecule has 3 nitrogen and oxygen atoms in total. The van der Waals surface area contributed by atoms with E-state index >= 15 is 0 Å². The van der Waals surface area contributed by atoms with E-state index in [0.29, 0.717) is 19.8 Å². The van der Waals surface area contributed by atoms with Gasteiger partial charge in [-0.3, -0.25) is 0 Å². The van der Waals surface area contributed by atoms with Crippen LogP contribution in [0.4, 0.5) is 0 Å². The van der Waals surface area contributed by atoms with Gasteiger partial charge in [0, 0.05) is 19.8 Å². The summed E-state index contributed by atoms with van der Waals surface area (Å²) in [5.74, 6) is 0. The molecule has 0 saturated carbocycles. The van der Waals surface area contributed by atoms with E-state index in [4.69, 9.17) is 13.3 Å². The fourth-order valence-corrected chi connectivity index (χ4v) is 7.75. The highest BCUT2D eigenvalue weighted by atomic mass is 28.4. The minimum absolute atomic E-state index is 0.0121. The number of benzene rings is 2. The minimum Gasteiger partial charge on any atom is -0.373 e. The zero-order valence-corrected chi connectivity index (χ0v) is 21.9. The monoisotopic (exact) mass is 440 g/mol. The van der Waals surface area contributed by atoms with Crippen molar-refractivity contribution < 1.29 is 13.3 Å².